The van der Waals surface area contributed by atoms with Crippen LogP contribution in [-0.2, 0) is 4.79 Å². The van der Waals surface area contributed by atoms with E-state index in [4.69, 9.17) is 28.3 Å². The van der Waals surface area contributed by atoms with E-state index in [-0.39, 0.29) is 0 Å². The maximum atomic E-state index is 10.2. The van der Waals surface area contributed by atoms with E-state index in [1.807, 2.05) is 0 Å². The van der Waals surface area contributed by atoms with E-state index in [1.165, 1.54) is 0 Å². The number of allylic oxidation sites excluding steroid dienone is 1. The van der Waals surface area contributed by atoms with Crippen LogP contribution in [0.2, 0.25) is 0 Å². The van der Waals surface area contributed by atoms with Gasteiger partial charge < -0.3 is 5.11 Å². The van der Waals surface area contributed by atoms with E-state index in [1.54, 1.807) is 13.0 Å². The molecule has 1 N–H and O–H groups in total. The SMILES string of the molecule is CC(=CCCC(Cl)Cl)C(=O)O. The lowest BCUT2D eigenvalue weighted by atomic mass is 10.2. The maximum absolute atomic E-state index is 10.2. The van der Waals surface area contributed by atoms with Gasteiger partial charge in [0.25, 0.3) is 0 Å². The summed E-state index contributed by atoms with van der Waals surface area (Å²) in [5.74, 6) is -0.898. The van der Waals surface area contributed by atoms with Crippen molar-refractivity contribution in [1.29, 1.82) is 0 Å². The second-order valence-electron chi connectivity index (χ2n) is 2.16. The fraction of sp³-hybridized carbons (Fsp3) is 0.571. The summed E-state index contributed by atoms with van der Waals surface area (Å²) in [5.41, 5.74) is 0.332. The van der Waals surface area contributed by atoms with E-state index in [9.17, 15) is 4.79 Å². The highest BCUT2D eigenvalue weighted by atomic mass is 35.5. The zero-order chi connectivity index (χ0) is 8.85. The van der Waals surface area contributed by atoms with E-state index in [0.717, 1.165) is 0 Å². The molecule has 0 saturated carbocycles. The Hall–Kier alpha value is -0.210. The Labute approximate surface area is 75.8 Å². The van der Waals surface area contributed by atoms with Crippen LogP contribution in [0.3, 0.4) is 0 Å². The van der Waals surface area contributed by atoms with Crippen LogP contribution in [0.15, 0.2) is 11.6 Å². The summed E-state index contributed by atoms with van der Waals surface area (Å²) in [6.45, 7) is 1.54. The fourth-order valence-corrected chi connectivity index (χ4v) is 0.765. The van der Waals surface area contributed by atoms with E-state index in [2.05, 4.69) is 0 Å². The Morgan fingerprint density at radius 1 is 1.64 bits per heavy atom. The van der Waals surface area contributed by atoms with Crippen molar-refractivity contribution in [2.75, 3.05) is 0 Å². The van der Waals surface area contributed by atoms with Gasteiger partial charge in [-0.25, -0.2) is 4.79 Å². The van der Waals surface area contributed by atoms with Crippen molar-refractivity contribution in [2.45, 2.75) is 24.6 Å². The van der Waals surface area contributed by atoms with Crippen LogP contribution < -0.4 is 0 Å². The minimum Gasteiger partial charge on any atom is -0.478 e. The lowest BCUT2D eigenvalue weighted by Crippen LogP contribution is -1.96. The summed E-state index contributed by atoms with van der Waals surface area (Å²) in [6, 6.07) is 0. The smallest absolute Gasteiger partial charge is 0.330 e. The van der Waals surface area contributed by atoms with Gasteiger partial charge in [0.15, 0.2) is 0 Å². The predicted octanol–water partition coefficient (Wildman–Crippen LogP) is 2.60. The number of hydrogen-bond donors (Lipinski definition) is 1. The van der Waals surface area contributed by atoms with E-state index >= 15 is 0 Å². The molecule has 0 amide bonds. The second kappa shape index (κ2) is 5.44. The first-order valence-electron chi connectivity index (χ1n) is 3.22. The minimum atomic E-state index is -0.898. The third-order valence-electron chi connectivity index (χ3n) is 1.17. The summed E-state index contributed by atoms with van der Waals surface area (Å²) in [7, 11) is 0. The van der Waals surface area contributed by atoms with Crippen LogP contribution in [-0.4, -0.2) is 15.9 Å². The Bertz CT molecular complexity index is 164. The monoisotopic (exact) mass is 196 g/mol. The zero-order valence-corrected chi connectivity index (χ0v) is 7.69. The molecule has 0 aromatic rings. The molecule has 0 aliphatic carbocycles. The quantitative estimate of drug-likeness (QED) is 0.555. The predicted molar refractivity (Wildman–Crippen MR) is 46.1 cm³/mol. The van der Waals surface area contributed by atoms with Crippen LogP contribution >= 0.6 is 23.2 Å². The highest BCUT2D eigenvalue weighted by Gasteiger charge is 2.00. The van der Waals surface area contributed by atoms with Gasteiger partial charge in [0, 0.05) is 5.57 Å². The van der Waals surface area contributed by atoms with E-state index in [0.29, 0.717) is 18.4 Å². The normalized spacial score (nSPS) is 12.2. The Kier molecular flexibility index (Phi) is 5.34. The first kappa shape index (κ1) is 10.8. The molecule has 0 atom stereocenters. The van der Waals surface area contributed by atoms with Crippen molar-refractivity contribution < 1.29 is 9.90 Å². The van der Waals surface area contributed by atoms with Gasteiger partial charge in [-0.3, -0.25) is 0 Å². The van der Waals surface area contributed by atoms with E-state index < -0.39 is 10.8 Å². The first-order chi connectivity index (χ1) is 5.04. The van der Waals surface area contributed by atoms with Crippen molar-refractivity contribution in [2.24, 2.45) is 0 Å². The van der Waals surface area contributed by atoms with Crippen LogP contribution in [0, 0.1) is 0 Å². The van der Waals surface area contributed by atoms with Gasteiger partial charge in [-0.2, -0.15) is 0 Å². The van der Waals surface area contributed by atoms with Crippen molar-refractivity contribution in [3.63, 3.8) is 0 Å². The van der Waals surface area contributed by atoms with Gasteiger partial charge in [0.05, 0.1) is 0 Å². The van der Waals surface area contributed by atoms with Gasteiger partial charge >= 0.3 is 5.97 Å². The molecule has 2 nitrogen and oxygen atoms in total. The summed E-state index contributed by atoms with van der Waals surface area (Å²) < 4.78 is 0. The number of aliphatic carboxylic acids is 1. The van der Waals surface area contributed by atoms with Gasteiger partial charge in [0.2, 0.25) is 0 Å². The Morgan fingerprint density at radius 2 is 2.18 bits per heavy atom. The molecule has 0 heterocycles. The number of rotatable bonds is 4. The molecule has 0 fully saturated rings. The van der Waals surface area contributed by atoms with Crippen LogP contribution in [0.5, 0.6) is 0 Å². The minimum absolute atomic E-state index is 0.332. The van der Waals surface area contributed by atoms with Gasteiger partial charge in [-0.1, -0.05) is 6.08 Å². The largest absolute Gasteiger partial charge is 0.478 e. The number of hydrogen-bond acceptors (Lipinski definition) is 1. The Balaban J connectivity index is 3.65. The van der Waals surface area contributed by atoms with Crippen molar-refractivity contribution in [3.05, 3.63) is 11.6 Å². The van der Waals surface area contributed by atoms with Gasteiger partial charge in [-0.15, -0.1) is 23.2 Å². The molecule has 0 rings (SSSR count). The topological polar surface area (TPSA) is 37.3 Å². The average molecular weight is 197 g/mol. The third-order valence-corrected chi connectivity index (χ3v) is 1.61. The molecule has 11 heavy (non-hydrogen) atoms. The van der Waals surface area contributed by atoms with Gasteiger partial charge in [-0.05, 0) is 19.8 Å². The molecule has 0 aliphatic rings. The van der Waals surface area contributed by atoms with Crippen molar-refractivity contribution in [3.8, 4) is 0 Å². The molecule has 0 radical (unpaired) electrons. The summed E-state index contributed by atoms with van der Waals surface area (Å²) in [5, 5.41) is 8.41. The van der Waals surface area contributed by atoms with Crippen molar-refractivity contribution >= 4 is 29.2 Å². The number of carbonyl (C=O) groups is 1. The molecule has 0 aromatic heterocycles. The molecule has 0 bridgehead atoms. The number of carboxylic acid groups (broad SMARTS) is 1. The lowest BCUT2D eigenvalue weighted by Gasteiger charge is -1.96. The zero-order valence-electron chi connectivity index (χ0n) is 6.18. The average Bonchev–Trinajstić information content (AvgIpc) is 1.86. The highest BCUT2D eigenvalue weighted by molar-refractivity contribution is 6.44. The van der Waals surface area contributed by atoms with Crippen LogP contribution in [0.4, 0.5) is 0 Å². The highest BCUT2D eigenvalue weighted by Crippen LogP contribution is 2.10. The summed E-state index contributed by atoms with van der Waals surface area (Å²) in [4.78, 5) is 9.83. The standard InChI is InChI=1S/C7H10Cl2O2/c1-5(7(10)11)3-2-4-6(8)9/h3,6H,2,4H2,1H3,(H,10,11). The summed E-state index contributed by atoms with van der Waals surface area (Å²) in [6.07, 6.45) is 2.81. The molecular weight excluding hydrogens is 187 g/mol. The number of alkyl halides is 2. The number of halogens is 2. The molecule has 0 saturated heterocycles. The fourth-order valence-electron chi connectivity index (χ4n) is 0.513. The second-order valence-corrected chi connectivity index (χ2v) is 3.44. The number of carboxylic acids is 1. The molecule has 0 aliphatic heterocycles. The van der Waals surface area contributed by atoms with Crippen molar-refractivity contribution in [1.82, 2.24) is 0 Å². The molecule has 64 valence electrons. The maximum Gasteiger partial charge on any atom is 0.330 e. The molecule has 0 unspecified atom stereocenters. The Morgan fingerprint density at radius 3 is 2.55 bits per heavy atom. The molecular formula is C7H10Cl2O2. The first-order valence-corrected chi connectivity index (χ1v) is 4.09. The molecule has 4 heteroatoms. The lowest BCUT2D eigenvalue weighted by molar-refractivity contribution is -0.132. The molecule has 0 aromatic carbocycles. The summed E-state index contributed by atoms with van der Waals surface area (Å²) >= 11 is 10.9. The van der Waals surface area contributed by atoms with Crippen LogP contribution in [0.1, 0.15) is 19.8 Å². The molecule has 0 spiro atoms. The van der Waals surface area contributed by atoms with Crippen LogP contribution in [0.25, 0.3) is 0 Å². The van der Waals surface area contributed by atoms with Gasteiger partial charge in [0.1, 0.15) is 4.84 Å². The third kappa shape index (κ3) is 6.20.